The van der Waals surface area contributed by atoms with Crippen molar-refractivity contribution in [1.82, 2.24) is 9.78 Å². The summed E-state index contributed by atoms with van der Waals surface area (Å²) in [6.45, 7) is 1.81. The van der Waals surface area contributed by atoms with Crippen LogP contribution < -0.4 is 10.5 Å². The minimum Gasteiger partial charge on any atom is -0.545 e. The monoisotopic (exact) mass is 387 g/mol. The van der Waals surface area contributed by atoms with Crippen LogP contribution in [0, 0.1) is 6.92 Å². The Morgan fingerprint density at radius 3 is 2.54 bits per heavy atom. The lowest BCUT2D eigenvalue weighted by Gasteiger charge is -2.05. The number of aromatic nitrogens is 2. The molecule has 3 aromatic rings. The van der Waals surface area contributed by atoms with Gasteiger partial charge in [-0.15, -0.1) is 0 Å². The first-order chi connectivity index (χ1) is 12.5. The van der Waals surface area contributed by atoms with Crippen LogP contribution in [0.25, 0.3) is 5.69 Å². The van der Waals surface area contributed by atoms with Crippen LogP contribution in [0.2, 0.25) is 10.2 Å². The minimum atomic E-state index is -1.23. The molecule has 0 aliphatic carbocycles. The van der Waals surface area contributed by atoms with Crippen LogP contribution in [0.15, 0.2) is 53.6 Å². The Balaban J connectivity index is 1.81. The number of benzene rings is 2. The number of rotatable bonds is 5. The van der Waals surface area contributed by atoms with Gasteiger partial charge in [-0.25, -0.2) is 4.68 Å². The van der Waals surface area contributed by atoms with E-state index in [0.717, 1.165) is 0 Å². The summed E-state index contributed by atoms with van der Waals surface area (Å²) in [6, 6.07) is 13.3. The molecule has 132 valence electrons. The molecule has 0 fully saturated rings. The Hall–Kier alpha value is -2.83. The molecule has 0 unspecified atom stereocenters. The van der Waals surface area contributed by atoms with Gasteiger partial charge in [0.05, 0.1) is 39.8 Å². The third-order valence-electron chi connectivity index (χ3n) is 3.64. The first-order valence-electron chi connectivity index (χ1n) is 7.58. The zero-order chi connectivity index (χ0) is 18.7. The number of halogens is 2. The zero-order valence-corrected chi connectivity index (χ0v) is 15.1. The van der Waals surface area contributed by atoms with E-state index in [1.54, 1.807) is 29.1 Å². The summed E-state index contributed by atoms with van der Waals surface area (Å²) < 4.78 is 1.55. The van der Waals surface area contributed by atoms with Gasteiger partial charge in [0, 0.05) is 0 Å². The number of carbonyl (C=O) groups excluding carboxylic acids is 1. The number of aryl methyl sites for hydroxylation is 1. The highest BCUT2D eigenvalue weighted by Gasteiger charge is 2.14. The maximum atomic E-state index is 10.7. The van der Waals surface area contributed by atoms with Crippen molar-refractivity contribution >= 4 is 41.1 Å². The van der Waals surface area contributed by atoms with Gasteiger partial charge < -0.3 is 9.90 Å². The van der Waals surface area contributed by atoms with Crippen molar-refractivity contribution in [3.63, 3.8) is 0 Å². The molecule has 0 saturated heterocycles. The summed E-state index contributed by atoms with van der Waals surface area (Å²) in [4.78, 5) is 10.7. The summed E-state index contributed by atoms with van der Waals surface area (Å²) in [5, 5.41) is 20.2. The van der Waals surface area contributed by atoms with Crippen LogP contribution in [0.4, 0.5) is 5.69 Å². The Morgan fingerprint density at radius 1 is 1.19 bits per heavy atom. The average Bonchev–Trinajstić information content (AvgIpc) is 2.90. The van der Waals surface area contributed by atoms with E-state index in [4.69, 9.17) is 23.2 Å². The van der Waals surface area contributed by atoms with Gasteiger partial charge in [-0.05, 0) is 36.8 Å². The molecule has 2 aromatic carbocycles. The molecule has 6 nitrogen and oxygen atoms in total. The summed E-state index contributed by atoms with van der Waals surface area (Å²) >= 11 is 12.6. The van der Waals surface area contributed by atoms with Crippen molar-refractivity contribution in [2.45, 2.75) is 6.92 Å². The number of nitrogens with zero attached hydrogens (tertiary/aromatic N) is 3. The average molecular weight is 388 g/mol. The maximum absolute atomic E-state index is 10.7. The Bertz CT molecular complexity index is 981. The molecule has 0 spiro atoms. The zero-order valence-electron chi connectivity index (χ0n) is 13.6. The van der Waals surface area contributed by atoms with E-state index in [0.29, 0.717) is 32.8 Å². The third kappa shape index (κ3) is 3.71. The van der Waals surface area contributed by atoms with Crippen molar-refractivity contribution in [2.75, 3.05) is 5.43 Å². The van der Waals surface area contributed by atoms with Gasteiger partial charge >= 0.3 is 0 Å². The van der Waals surface area contributed by atoms with E-state index in [9.17, 15) is 9.90 Å². The van der Waals surface area contributed by atoms with Gasteiger partial charge in [0.1, 0.15) is 5.15 Å². The second kappa shape index (κ2) is 7.59. The maximum Gasteiger partial charge on any atom is 0.142 e. The van der Waals surface area contributed by atoms with Gasteiger partial charge in [0.2, 0.25) is 0 Å². The van der Waals surface area contributed by atoms with Crippen LogP contribution in [0.5, 0.6) is 0 Å². The molecule has 1 N–H and O–H groups in total. The molecular weight excluding hydrogens is 375 g/mol. The fraction of sp³-hybridized carbons (Fsp3) is 0.0556. The Morgan fingerprint density at radius 2 is 1.88 bits per heavy atom. The SMILES string of the molecule is Cc1nn(-c2ccccc2Cl)c(Cl)c1/C=N\Nc1ccc(C(=O)[O-])cc1. The number of carbonyl (C=O) groups is 1. The molecular formula is C18H13Cl2N4O2-. The number of aromatic carboxylic acids is 1. The van der Waals surface area contributed by atoms with Gasteiger partial charge in [-0.2, -0.15) is 10.2 Å². The van der Waals surface area contributed by atoms with Gasteiger partial charge in [-0.1, -0.05) is 47.5 Å². The van der Waals surface area contributed by atoms with Gasteiger partial charge in [0.25, 0.3) is 0 Å². The predicted molar refractivity (Wildman–Crippen MR) is 100 cm³/mol. The Labute approximate surface area is 159 Å². The van der Waals surface area contributed by atoms with Crippen LogP contribution in [0.1, 0.15) is 21.6 Å². The van der Waals surface area contributed by atoms with Crippen molar-refractivity contribution in [2.24, 2.45) is 5.10 Å². The number of hydrogen-bond acceptors (Lipinski definition) is 5. The summed E-state index contributed by atoms with van der Waals surface area (Å²) in [6.07, 6.45) is 1.55. The highest BCUT2D eigenvalue weighted by Crippen LogP contribution is 2.26. The van der Waals surface area contributed by atoms with E-state index in [1.165, 1.54) is 12.1 Å². The first kappa shape index (κ1) is 18.0. The van der Waals surface area contributed by atoms with E-state index in [1.807, 2.05) is 25.1 Å². The summed E-state index contributed by atoms with van der Waals surface area (Å²) in [5.74, 6) is -1.23. The molecule has 1 heterocycles. The van der Waals surface area contributed by atoms with Crippen LogP contribution >= 0.6 is 23.2 Å². The van der Waals surface area contributed by atoms with Crippen molar-refractivity contribution in [1.29, 1.82) is 0 Å². The smallest absolute Gasteiger partial charge is 0.142 e. The standard InChI is InChI=1S/C18H14Cl2N4O2/c1-11-14(10-21-22-13-8-6-12(7-9-13)18(25)26)17(20)24(23-11)16-5-3-2-4-15(16)19/h2-10,22H,1H3,(H,25,26)/p-1/b21-10-. The number of nitrogens with one attached hydrogen (secondary N) is 1. The number of carboxylic acid groups (broad SMARTS) is 1. The minimum absolute atomic E-state index is 0.0967. The Kier molecular flexibility index (Phi) is 5.25. The summed E-state index contributed by atoms with van der Waals surface area (Å²) in [5.41, 5.74) is 5.53. The number of hydrazone groups is 1. The lowest BCUT2D eigenvalue weighted by molar-refractivity contribution is -0.255. The molecule has 0 radical (unpaired) electrons. The third-order valence-corrected chi connectivity index (χ3v) is 4.32. The van der Waals surface area contributed by atoms with Crippen molar-refractivity contribution in [3.05, 3.63) is 75.5 Å². The van der Waals surface area contributed by atoms with E-state index >= 15 is 0 Å². The highest BCUT2D eigenvalue weighted by molar-refractivity contribution is 6.34. The van der Waals surface area contributed by atoms with Gasteiger partial charge in [0.15, 0.2) is 0 Å². The molecule has 0 amide bonds. The van der Waals surface area contributed by atoms with E-state index < -0.39 is 5.97 Å². The topological polar surface area (TPSA) is 82.3 Å². The predicted octanol–water partition coefficient (Wildman–Crippen LogP) is 3.30. The number of carboxylic acids is 1. The molecule has 0 aliphatic rings. The fourth-order valence-electron chi connectivity index (χ4n) is 2.29. The fourth-order valence-corrected chi connectivity index (χ4v) is 2.82. The van der Waals surface area contributed by atoms with E-state index in [-0.39, 0.29) is 5.56 Å². The molecule has 1 aromatic heterocycles. The molecule has 26 heavy (non-hydrogen) atoms. The number of anilines is 1. The number of hydrogen-bond donors (Lipinski definition) is 1. The normalized spacial score (nSPS) is 11.0. The van der Waals surface area contributed by atoms with Crippen LogP contribution in [-0.4, -0.2) is 22.0 Å². The van der Waals surface area contributed by atoms with E-state index in [2.05, 4.69) is 15.6 Å². The van der Waals surface area contributed by atoms with Crippen LogP contribution in [-0.2, 0) is 0 Å². The molecule has 8 heteroatoms. The largest absolute Gasteiger partial charge is 0.545 e. The first-order valence-corrected chi connectivity index (χ1v) is 8.33. The lowest BCUT2D eigenvalue weighted by Crippen LogP contribution is -2.21. The van der Waals surface area contributed by atoms with Gasteiger partial charge in [-0.3, -0.25) is 5.43 Å². The van der Waals surface area contributed by atoms with Crippen molar-refractivity contribution in [3.8, 4) is 5.69 Å². The lowest BCUT2D eigenvalue weighted by atomic mass is 10.2. The van der Waals surface area contributed by atoms with Crippen LogP contribution in [0.3, 0.4) is 0 Å². The molecule has 3 rings (SSSR count). The summed E-state index contributed by atoms with van der Waals surface area (Å²) in [7, 11) is 0. The highest BCUT2D eigenvalue weighted by atomic mass is 35.5. The second-order valence-electron chi connectivity index (χ2n) is 5.39. The molecule has 0 atom stereocenters. The molecule has 0 bridgehead atoms. The number of para-hydroxylation sites is 1. The van der Waals surface area contributed by atoms with Crippen molar-refractivity contribution < 1.29 is 9.90 Å². The molecule has 0 saturated carbocycles. The quantitative estimate of drug-likeness (QED) is 0.537. The second-order valence-corrected chi connectivity index (χ2v) is 6.15. The molecule has 0 aliphatic heterocycles.